The van der Waals surface area contributed by atoms with E-state index >= 15 is 0 Å². The first-order valence-corrected chi connectivity index (χ1v) is 8.77. The van der Waals surface area contributed by atoms with E-state index in [0.717, 1.165) is 24.1 Å². The maximum atomic E-state index is 12.8. The Labute approximate surface area is 154 Å². The highest BCUT2D eigenvalue weighted by molar-refractivity contribution is 5.92. The number of methoxy groups -OCH3 is 2. The van der Waals surface area contributed by atoms with Gasteiger partial charge in [-0.2, -0.15) is 0 Å². The lowest BCUT2D eigenvalue weighted by Gasteiger charge is -2.28. The molecule has 0 spiro atoms. The molecule has 136 valence electrons. The molecule has 0 saturated heterocycles. The molecule has 1 saturated carbocycles. The average molecular weight is 352 g/mol. The van der Waals surface area contributed by atoms with Crippen molar-refractivity contribution in [3.63, 3.8) is 0 Å². The molecule has 0 radical (unpaired) electrons. The Hall–Kier alpha value is -2.82. The van der Waals surface area contributed by atoms with Crippen LogP contribution in [0.1, 0.15) is 37.1 Å². The minimum absolute atomic E-state index is 0.000406. The highest BCUT2D eigenvalue weighted by Crippen LogP contribution is 2.34. The Kier molecular flexibility index (Phi) is 5.56. The van der Waals surface area contributed by atoms with Gasteiger partial charge in [-0.25, -0.2) is 0 Å². The molecule has 0 aliphatic heterocycles. The molecule has 1 unspecified atom stereocenters. The van der Waals surface area contributed by atoms with Crippen LogP contribution in [0.3, 0.4) is 0 Å². The highest BCUT2D eigenvalue weighted by Gasteiger charge is 2.35. The summed E-state index contributed by atoms with van der Waals surface area (Å²) < 4.78 is 10.6. The maximum absolute atomic E-state index is 12.8. The van der Waals surface area contributed by atoms with Crippen molar-refractivity contribution in [3.8, 4) is 11.5 Å². The second kappa shape index (κ2) is 8.04. The van der Waals surface area contributed by atoms with Gasteiger partial charge in [0.1, 0.15) is 0 Å². The molecule has 2 aromatic rings. The maximum Gasteiger partial charge on any atom is 0.247 e. The van der Waals surface area contributed by atoms with Crippen LogP contribution in [0, 0.1) is 0 Å². The Morgan fingerprint density at radius 2 is 1.96 bits per heavy atom. The van der Waals surface area contributed by atoms with Crippen molar-refractivity contribution >= 4 is 12.0 Å². The van der Waals surface area contributed by atoms with Gasteiger partial charge < -0.3 is 14.4 Å². The zero-order valence-electron chi connectivity index (χ0n) is 15.4. The van der Waals surface area contributed by atoms with Crippen LogP contribution in [0.15, 0.2) is 48.7 Å². The molecule has 0 bridgehead atoms. The first-order valence-electron chi connectivity index (χ1n) is 8.77. The number of nitrogens with zero attached hydrogens (tertiary/aromatic N) is 2. The van der Waals surface area contributed by atoms with Crippen molar-refractivity contribution in [2.75, 3.05) is 14.2 Å². The number of aromatic nitrogens is 1. The van der Waals surface area contributed by atoms with Crippen molar-refractivity contribution in [1.82, 2.24) is 9.88 Å². The van der Waals surface area contributed by atoms with Crippen LogP contribution in [0.4, 0.5) is 0 Å². The predicted molar refractivity (Wildman–Crippen MR) is 101 cm³/mol. The van der Waals surface area contributed by atoms with Crippen LogP contribution in [-0.2, 0) is 4.79 Å². The summed E-state index contributed by atoms with van der Waals surface area (Å²) in [6.45, 7) is 2.03. The Morgan fingerprint density at radius 1 is 1.19 bits per heavy atom. The first-order chi connectivity index (χ1) is 12.6. The molecule has 3 rings (SSSR count). The summed E-state index contributed by atoms with van der Waals surface area (Å²) in [6.07, 6.45) is 7.30. The molecule has 5 heteroatoms. The molecular formula is C21H24N2O3. The SMILES string of the molecule is COc1ccc(/C=C/C(=O)N(C2CC2)C(C)c2ccccn2)cc1OC. The molecule has 1 aliphatic rings. The third-order valence-corrected chi connectivity index (χ3v) is 4.55. The van der Waals surface area contributed by atoms with Crippen LogP contribution in [-0.4, -0.2) is 36.1 Å². The first kappa shape index (κ1) is 18.0. The van der Waals surface area contributed by atoms with Gasteiger partial charge >= 0.3 is 0 Å². The lowest BCUT2D eigenvalue weighted by molar-refractivity contribution is -0.128. The molecular weight excluding hydrogens is 328 g/mol. The topological polar surface area (TPSA) is 51.7 Å². The van der Waals surface area contributed by atoms with Crippen molar-refractivity contribution in [1.29, 1.82) is 0 Å². The quantitative estimate of drug-likeness (QED) is 0.710. The average Bonchev–Trinajstić information content (AvgIpc) is 3.51. The molecule has 1 aromatic heterocycles. The molecule has 1 fully saturated rings. The van der Waals surface area contributed by atoms with E-state index in [0.29, 0.717) is 17.5 Å². The van der Waals surface area contributed by atoms with Gasteiger partial charge in [0.15, 0.2) is 11.5 Å². The summed E-state index contributed by atoms with van der Waals surface area (Å²) in [5, 5.41) is 0. The molecule has 1 heterocycles. The van der Waals surface area contributed by atoms with Gasteiger partial charge in [0.2, 0.25) is 5.91 Å². The van der Waals surface area contributed by atoms with E-state index in [1.165, 1.54) is 0 Å². The van der Waals surface area contributed by atoms with E-state index in [4.69, 9.17) is 9.47 Å². The number of rotatable bonds is 7. The van der Waals surface area contributed by atoms with Crippen molar-refractivity contribution in [3.05, 3.63) is 59.9 Å². The number of amides is 1. The molecule has 1 aromatic carbocycles. The Balaban J connectivity index is 1.77. The zero-order chi connectivity index (χ0) is 18.5. The smallest absolute Gasteiger partial charge is 0.247 e. The van der Waals surface area contributed by atoms with Gasteiger partial charge in [0.25, 0.3) is 0 Å². The van der Waals surface area contributed by atoms with Crippen LogP contribution in [0.5, 0.6) is 11.5 Å². The minimum atomic E-state index is -0.0498. The number of benzene rings is 1. The van der Waals surface area contributed by atoms with Gasteiger partial charge in [-0.15, -0.1) is 0 Å². The number of pyridine rings is 1. The van der Waals surface area contributed by atoms with Crippen molar-refractivity contribution in [2.45, 2.75) is 31.8 Å². The number of carbonyl (C=O) groups is 1. The molecule has 26 heavy (non-hydrogen) atoms. The highest BCUT2D eigenvalue weighted by atomic mass is 16.5. The fourth-order valence-electron chi connectivity index (χ4n) is 3.02. The number of ether oxygens (including phenoxy) is 2. The number of carbonyl (C=O) groups excluding carboxylic acids is 1. The van der Waals surface area contributed by atoms with E-state index in [9.17, 15) is 4.79 Å². The third-order valence-electron chi connectivity index (χ3n) is 4.55. The van der Waals surface area contributed by atoms with Gasteiger partial charge in [-0.1, -0.05) is 12.1 Å². The second-order valence-corrected chi connectivity index (χ2v) is 6.36. The molecule has 0 N–H and O–H groups in total. The minimum Gasteiger partial charge on any atom is -0.493 e. The Bertz CT molecular complexity index is 785. The van der Waals surface area contributed by atoms with Crippen LogP contribution in [0.2, 0.25) is 0 Å². The second-order valence-electron chi connectivity index (χ2n) is 6.36. The molecule has 1 amide bonds. The monoisotopic (exact) mass is 352 g/mol. The normalized spacial score (nSPS) is 14.9. The molecule has 1 atom stereocenters. The summed E-state index contributed by atoms with van der Waals surface area (Å²) in [5.41, 5.74) is 1.80. The summed E-state index contributed by atoms with van der Waals surface area (Å²) in [5.74, 6) is 1.31. The van der Waals surface area contributed by atoms with E-state index in [1.807, 2.05) is 54.3 Å². The van der Waals surface area contributed by atoms with E-state index in [-0.39, 0.29) is 11.9 Å². The van der Waals surface area contributed by atoms with Crippen LogP contribution in [0.25, 0.3) is 6.08 Å². The largest absolute Gasteiger partial charge is 0.493 e. The molecule has 5 nitrogen and oxygen atoms in total. The van der Waals surface area contributed by atoms with Gasteiger partial charge in [0.05, 0.1) is 26.0 Å². The van der Waals surface area contributed by atoms with E-state index in [2.05, 4.69) is 4.98 Å². The number of hydrogen-bond donors (Lipinski definition) is 0. The fraction of sp³-hybridized carbons (Fsp3) is 0.333. The summed E-state index contributed by atoms with van der Waals surface area (Å²) >= 11 is 0. The lowest BCUT2D eigenvalue weighted by Crippen LogP contribution is -2.34. The third kappa shape index (κ3) is 4.04. The Morgan fingerprint density at radius 3 is 2.58 bits per heavy atom. The van der Waals surface area contributed by atoms with Gasteiger partial charge in [-0.05, 0) is 55.7 Å². The van der Waals surface area contributed by atoms with Gasteiger partial charge in [-0.3, -0.25) is 9.78 Å². The number of hydrogen-bond acceptors (Lipinski definition) is 4. The van der Waals surface area contributed by atoms with Crippen molar-refractivity contribution in [2.24, 2.45) is 0 Å². The lowest BCUT2D eigenvalue weighted by atomic mass is 10.1. The van der Waals surface area contributed by atoms with E-state index < -0.39 is 0 Å². The standard InChI is InChI=1S/C21H24N2O3/c1-15(18-6-4-5-13-22-18)23(17-9-10-17)21(24)12-8-16-7-11-19(25-2)20(14-16)26-3/h4-8,11-15,17H,9-10H2,1-3H3/b12-8+. The van der Waals surface area contributed by atoms with Crippen molar-refractivity contribution < 1.29 is 14.3 Å². The fourth-order valence-corrected chi connectivity index (χ4v) is 3.02. The van der Waals surface area contributed by atoms with Crippen LogP contribution >= 0.6 is 0 Å². The summed E-state index contributed by atoms with van der Waals surface area (Å²) in [7, 11) is 3.20. The zero-order valence-corrected chi connectivity index (χ0v) is 15.4. The predicted octanol–water partition coefficient (Wildman–Crippen LogP) is 3.86. The summed E-state index contributed by atoms with van der Waals surface area (Å²) in [6, 6.07) is 11.6. The van der Waals surface area contributed by atoms with Gasteiger partial charge in [0, 0.05) is 18.3 Å². The molecule has 1 aliphatic carbocycles. The van der Waals surface area contributed by atoms with E-state index in [1.54, 1.807) is 26.5 Å². The van der Waals surface area contributed by atoms with Crippen LogP contribution < -0.4 is 9.47 Å². The summed E-state index contributed by atoms with van der Waals surface area (Å²) in [4.78, 5) is 19.2.